The Morgan fingerprint density at radius 1 is 0.524 bits per heavy atom. The predicted molar refractivity (Wildman–Crippen MR) is 95.1 cm³/mol. The number of nitrogens with zero attached hydrogens (tertiary/aromatic N) is 1. The number of hydrogen-bond acceptors (Lipinski definition) is 3. The van der Waals surface area contributed by atoms with Gasteiger partial charge in [0.15, 0.2) is 0 Å². The molecule has 0 aromatic rings. The van der Waals surface area contributed by atoms with E-state index < -0.39 is 0 Å². The van der Waals surface area contributed by atoms with Crippen molar-refractivity contribution in [2.75, 3.05) is 19.6 Å². The third-order valence-corrected chi connectivity index (χ3v) is 3.90. The van der Waals surface area contributed by atoms with Crippen molar-refractivity contribution in [3.8, 4) is 0 Å². The zero-order valence-corrected chi connectivity index (χ0v) is 15.1. The first-order valence-electron chi connectivity index (χ1n) is 9.59. The molecule has 0 fully saturated rings. The third kappa shape index (κ3) is 16.1. The van der Waals surface area contributed by atoms with Crippen LogP contribution < -0.4 is 10.9 Å². The van der Waals surface area contributed by atoms with Crippen LogP contribution in [0.4, 0.5) is 0 Å². The van der Waals surface area contributed by atoms with E-state index in [1.807, 2.05) is 0 Å². The molecule has 0 amide bonds. The van der Waals surface area contributed by atoms with Crippen LogP contribution in [-0.4, -0.2) is 24.8 Å². The van der Waals surface area contributed by atoms with Gasteiger partial charge < -0.3 is 0 Å². The first kappa shape index (κ1) is 20.9. The molecular weight excluding hydrogens is 258 g/mol. The molecule has 3 heteroatoms. The standard InChI is InChI=1S/C18H41N3/c1-4-7-10-12-15-18-21(19-16-13-9-6-3)20-17-14-11-8-5-2/h19-20H,4-18H2,1-3H3. The Hall–Kier alpha value is -0.120. The van der Waals surface area contributed by atoms with Crippen molar-refractivity contribution in [3.63, 3.8) is 0 Å². The number of rotatable bonds is 17. The van der Waals surface area contributed by atoms with Crippen LogP contribution >= 0.6 is 0 Å². The predicted octanol–water partition coefficient (Wildman–Crippen LogP) is 5.04. The minimum Gasteiger partial charge on any atom is -0.242 e. The lowest BCUT2D eigenvalue weighted by molar-refractivity contribution is 0.109. The smallest absolute Gasteiger partial charge is 0.0288 e. The lowest BCUT2D eigenvalue weighted by Gasteiger charge is -2.24. The maximum absolute atomic E-state index is 3.57. The molecule has 0 saturated carbocycles. The van der Waals surface area contributed by atoms with Gasteiger partial charge in [-0.05, 0) is 19.3 Å². The van der Waals surface area contributed by atoms with Gasteiger partial charge in [0.1, 0.15) is 0 Å². The average Bonchev–Trinajstić information content (AvgIpc) is 2.50. The molecule has 0 aromatic carbocycles. The molecule has 21 heavy (non-hydrogen) atoms. The van der Waals surface area contributed by atoms with Gasteiger partial charge in [0.2, 0.25) is 0 Å². The van der Waals surface area contributed by atoms with Crippen molar-refractivity contribution in [2.24, 2.45) is 0 Å². The Morgan fingerprint density at radius 2 is 0.952 bits per heavy atom. The number of hydrogen-bond donors (Lipinski definition) is 2. The highest BCUT2D eigenvalue weighted by Gasteiger charge is 2.03. The first-order valence-corrected chi connectivity index (χ1v) is 9.59. The van der Waals surface area contributed by atoms with Crippen LogP contribution in [0.2, 0.25) is 0 Å². The maximum atomic E-state index is 3.57. The number of hydrazine groups is 2. The summed E-state index contributed by atoms with van der Waals surface area (Å²) in [4.78, 5) is 0. The minimum atomic E-state index is 1.10. The molecule has 0 atom stereocenters. The fourth-order valence-corrected chi connectivity index (χ4v) is 2.44. The molecule has 0 saturated heterocycles. The van der Waals surface area contributed by atoms with Gasteiger partial charge in [-0.15, -0.1) is 0 Å². The average molecular weight is 300 g/mol. The summed E-state index contributed by atoms with van der Waals surface area (Å²) in [5.41, 5.74) is 7.13. The SMILES string of the molecule is CCCCCCCN(NCCCCC)NCCCCCC. The van der Waals surface area contributed by atoms with E-state index in [0.29, 0.717) is 0 Å². The Kier molecular flexibility index (Phi) is 17.8. The molecule has 0 spiro atoms. The zero-order valence-electron chi connectivity index (χ0n) is 15.1. The Balaban J connectivity index is 3.69. The van der Waals surface area contributed by atoms with Crippen LogP contribution in [0.25, 0.3) is 0 Å². The number of unbranched alkanes of at least 4 members (excludes halogenated alkanes) is 9. The highest BCUT2D eigenvalue weighted by atomic mass is 15.7. The minimum absolute atomic E-state index is 1.10. The molecule has 3 nitrogen and oxygen atoms in total. The summed E-state index contributed by atoms with van der Waals surface area (Å²) in [5, 5.41) is 2.26. The number of nitrogens with one attached hydrogen (secondary N) is 2. The van der Waals surface area contributed by atoms with E-state index in [-0.39, 0.29) is 0 Å². The summed E-state index contributed by atoms with van der Waals surface area (Å²) >= 11 is 0. The second-order valence-corrected chi connectivity index (χ2v) is 6.15. The van der Waals surface area contributed by atoms with Gasteiger partial charge in [0.25, 0.3) is 0 Å². The summed E-state index contributed by atoms with van der Waals surface area (Å²) in [6, 6.07) is 0. The molecule has 0 aliphatic rings. The van der Waals surface area contributed by atoms with Crippen LogP contribution in [0.15, 0.2) is 0 Å². The normalized spacial score (nSPS) is 11.4. The molecule has 0 rings (SSSR count). The Morgan fingerprint density at radius 3 is 1.52 bits per heavy atom. The molecule has 0 aromatic heterocycles. The third-order valence-electron chi connectivity index (χ3n) is 3.90. The van der Waals surface area contributed by atoms with Crippen LogP contribution in [0.5, 0.6) is 0 Å². The van der Waals surface area contributed by atoms with E-state index in [0.717, 1.165) is 19.6 Å². The summed E-state index contributed by atoms with van der Waals surface area (Å²) in [6.45, 7) is 10.1. The molecular formula is C18H41N3. The second-order valence-electron chi connectivity index (χ2n) is 6.15. The fraction of sp³-hybridized carbons (Fsp3) is 1.00. The highest BCUT2D eigenvalue weighted by Crippen LogP contribution is 2.03. The van der Waals surface area contributed by atoms with Crippen molar-refractivity contribution in [1.29, 1.82) is 0 Å². The van der Waals surface area contributed by atoms with Gasteiger partial charge in [-0.3, -0.25) is 0 Å². The monoisotopic (exact) mass is 299 g/mol. The fourth-order valence-electron chi connectivity index (χ4n) is 2.44. The topological polar surface area (TPSA) is 27.3 Å². The molecule has 0 aliphatic carbocycles. The van der Waals surface area contributed by atoms with Crippen molar-refractivity contribution in [1.82, 2.24) is 16.0 Å². The molecule has 0 unspecified atom stereocenters. The van der Waals surface area contributed by atoms with Gasteiger partial charge in [-0.2, -0.15) is 5.12 Å². The van der Waals surface area contributed by atoms with Gasteiger partial charge in [0.05, 0.1) is 0 Å². The van der Waals surface area contributed by atoms with Crippen LogP contribution in [0.1, 0.15) is 97.8 Å². The molecule has 128 valence electrons. The van der Waals surface area contributed by atoms with Gasteiger partial charge in [-0.25, -0.2) is 10.9 Å². The molecule has 0 radical (unpaired) electrons. The second kappa shape index (κ2) is 17.9. The van der Waals surface area contributed by atoms with Gasteiger partial charge in [0, 0.05) is 19.6 Å². The maximum Gasteiger partial charge on any atom is 0.0288 e. The quantitative estimate of drug-likeness (QED) is 0.291. The summed E-state index contributed by atoms with van der Waals surface area (Å²) < 4.78 is 0. The Labute approximate surface area is 134 Å². The van der Waals surface area contributed by atoms with E-state index in [2.05, 4.69) is 36.7 Å². The summed E-state index contributed by atoms with van der Waals surface area (Å²) in [7, 11) is 0. The van der Waals surface area contributed by atoms with Crippen LogP contribution in [-0.2, 0) is 0 Å². The largest absolute Gasteiger partial charge is 0.242 e. The molecule has 0 aliphatic heterocycles. The zero-order chi connectivity index (χ0) is 15.6. The highest BCUT2D eigenvalue weighted by molar-refractivity contribution is 4.52. The first-order chi connectivity index (χ1) is 10.3. The summed E-state index contributed by atoms with van der Waals surface area (Å²) in [5.74, 6) is 0. The Bertz CT molecular complexity index is 171. The summed E-state index contributed by atoms with van der Waals surface area (Å²) in [6.07, 6.45) is 16.0. The van der Waals surface area contributed by atoms with Crippen molar-refractivity contribution in [3.05, 3.63) is 0 Å². The van der Waals surface area contributed by atoms with E-state index in [4.69, 9.17) is 0 Å². The van der Waals surface area contributed by atoms with Crippen LogP contribution in [0, 0.1) is 0 Å². The lowest BCUT2D eigenvalue weighted by atomic mass is 10.1. The molecule has 0 heterocycles. The molecule has 0 bridgehead atoms. The van der Waals surface area contributed by atoms with Crippen LogP contribution in [0.3, 0.4) is 0 Å². The van der Waals surface area contributed by atoms with Crippen molar-refractivity contribution < 1.29 is 0 Å². The van der Waals surface area contributed by atoms with E-state index >= 15 is 0 Å². The van der Waals surface area contributed by atoms with E-state index in [9.17, 15) is 0 Å². The van der Waals surface area contributed by atoms with E-state index in [1.165, 1.54) is 77.0 Å². The van der Waals surface area contributed by atoms with Crippen molar-refractivity contribution >= 4 is 0 Å². The van der Waals surface area contributed by atoms with Gasteiger partial charge >= 0.3 is 0 Å². The van der Waals surface area contributed by atoms with Gasteiger partial charge in [-0.1, -0.05) is 78.6 Å². The lowest BCUT2D eigenvalue weighted by Crippen LogP contribution is -2.49. The van der Waals surface area contributed by atoms with E-state index in [1.54, 1.807) is 0 Å². The van der Waals surface area contributed by atoms with Crippen molar-refractivity contribution in [2.45, 2.75) is 97.8 Å². The molecule has 2 N–H and O–H groups in total.